The van der Waals surface area contributed by atoms with Gasteiger partial charge in [0.25, 0.3) is 0 Å². The lowest BCUT2D eigenvalue weighted by molar-refractivity contribution is 1.37. The van der Waals surface area contributed by atoms with Gasteiger partial charge in [0.15, 0.2) is 0 Å². The van der Waals surface area contributed by atoms with Crippen LogP contribution in [0.5, 0.6) is 0 Å². The number of aryl methyl sites for hydroxylation is 1. The minimum atomic E-state index is 0.752. The van der Waals surface area contributed by atoms with Crippen molar-refractivity contribution in [1.82, 2.24) is 0 Å². The maximum Gasteiger partial charge on any atom is 0.0624 e. The van der Waals surface area contributed by atoms with E-state index in [2.05, 4.69) is 29.1 Å². The van der Waals surface area contributed by atoms with E-state index in [9.17, 15) is 0 Å². The van der Waals surface area contributed by atoms with Crippen LogP contribution in [0.4, 0.5) is 17.1 Å². The molecule has 2 nitrogen and oxygen atoms in total. The van der Waals surface area contributed by atoms with E-state index in [0.29, 0.717) is 0 Å². The molecule has 0 atom stereocenters. The average Bonchev–Trinajstić information content (AvgIpc) is 2.81. The van der Waals surface area contributed by atoms with Crippen molar-refractivity contribution >= 4 is 50.4 Å². The summed E-state index contributed by atoms with van der Waals surface area (Å²) in [5.41, 5.74) is 4.63. The van der Waals surface area contributed by atoms with E-state index >= 15 is 0 Å². The molecule has 2 aromatic carbocycles. The van der Waals surface area contributed by atoms with Gasteiger partial charge in [0, 0.05) is 32.3 Å². The molecule has 3 rings (SSSR count). The van der Waals surface area contributed by atoms with Crippen molar-refractivity contribution in [3.8, 4) is 0 Å². The van der Waals surface area contributed by atoms with Crippen LogP contribution in [-0.4, -0.2) is 0 Å². The van der Waals surface area contributed by atoms with E-state index < -0.39 is 0 Å². The first kappa shape index (κ1) is 12.1. The van der Waals surface area contributed by atoms with Crippen LogP contribution in [-0.2, 0) is 0 Å². The van der Waals surface area contributed by atoms with Gasteiger partial charge >= 0.3 is 0 Å². The molecule has 92 valence electrons. The Hall–Kier alpha value is -0.970. The standard InChI is InChI=1S/C13H11ClN2S2/c1-8-6-11(7-12-13(8)16-18-17-12)15-10-4-2-9(14)3-5-10/h2-7,15-16H,1H3. The van der Waals surface area contributed by atoms with Crippen LogP contribution in [0.15, 0.2) is 41.3 Å². The summed E-state index contributed by atoms with van der Waals surface area (Å²) in [4.78, 5) is 1.27. The summed E-state index contributed by atoms with van der Waals surface area (Å²) in [5.74, 6) is 0. The molecule has 0 spiro atoms. The van der Waals surface area contributed by atoms with Gasteiger partial charge in [0.05, 0.1) is 5.69 Å². The number of nitrogens with one attached hydrogen (secondary N) is 2. The average molecular weight is 295 g/mol. The summed E-state index contributed by atoms with van der Waals surface area (Å²) in [6, 6.07) is 12.0. The largest absolute Gasteiger partial charge is 0.355 e. The van der Waals surface area contributed by atoms with Crippen LogP contribution in [0.3, 0.4) is 0 Å². The van der Waals surface area contributed by atoms with E-state index in [1.165, 1.54) is 16.1 Å². The lowest BCUT2D eigenvalue weighted by Crippen LogP contribution is -1.92. The maximum absolute atomic E-state index is 5.87. The van der Waals surface area contributed by atoms with Crippen molar-refractivity contribution in [2.75, 3.05) is 10.0 Å². The van der Waals surface area contributed by atoms with Crippen LogP contribution >= 0.6 is 33.4 Å². The van der Waals surface area contributed by atoms with Gasteiger partial charge in [-0.3, -0.25) is 0 Å². The summed E-state index contributed by atoms with van der Waals surface area (Å²) in [6.45, 7) is 2.12. The zero-order valence-corrected chi connectivity index (χ0v) is 12.0. The van der Waals surface area contributed by atoms with Gasteiger partial charge < -0.3 is 10.0 Å². The molecule has 2 aromatic rings. The Labute approximate surface area is 119 Å². The Kier molecular flexibility index (Phi) is 3.33. The van der Waals surface area contributed by atoms with Crippen molar-refractivity contribution in [2.45, 2.75) is 11.8 Å². The Morgan fingerprint density at radius 1 is 1.11 bits per heavy atom. The van der Waals surface area contributed by atoms with E-state index in [0.717, 1.165) is 16.4 Å². The van der Waals surface area contributed by atoms with Crippen molar-refractivity contribution in [3.63, 3.8) is 0 Å². The molecule has 2 N–H and O–H groups in total. The number of hydrogen-bond acceptors (Lipinski definition) is 4. The lowest BCUT2D eigenvalue weighted by Gasteiger charge is -2.10. The second-order valence-electron chi connectivity index (χ2n) is 4.07. The summed E-state index contributed by atoms with van der Waals surface area (Å²) in [5, 5.41) is 4.14. The topological polar surface area (TPSA) is 24.1 Å². The maximum atomic E-state index is 5.87. The van der Waals surface area contributed by atoms with Gasteiger partial charge in [-0.15, -0.1) is 0 Å². The van der Waals surface area contributed by atoms with E-state index in [-0.39, 0.29) is 0 Å². The summed E-state index contributed by atoms with van der Waals surface area (Å²) in [6.07, 6.45) is 0. The highest BCUT2D eigenvalue weighted by atomic mass is 35.5. The minimum Gasteiger partial charge on any atom is -0.355 e. The van der Waals surface area contributed by atoms with Crippen molar-refractivity contribution in [1.29, 1.82) is 0 Å². The lowest BCUT2D eigenvalue weighted by atomic mass is 10.1. The third kappa shape index (κ3) is 2.41. The van der Waals surface area contributed by atoms with Gasteiger partial charge in [-0.2, -0.15) is 0 Å². The molecule has 18 heavy (non-hydrogen) atoms. The summed E-state index contributed by atoms with van der Waals surface area (Å²) >= 11 is 5.87. The van der Waals surface area contributed by atoms with E-state index in [1.807, 2.05) is 24.3 Å². The molecular formula is C13H11ClN2S2. The van der Waals surface area contributed by atoms with Crippen LogP contribution in [0.1, 0.15) is 5.56 Å². The fourth-order valence-corrected chi connectivity index (χ4v) is 4.02. The first-order chi connectivity index (χ1) is 8.72. The van der Waals surface area contributed by atoms with Crippen LogP contribution < -0.4 is 10.0 Å². The summed E-state index contributed by atoms with van der Waals surface area (Å²) < 4.78 is 3.30. The number of fused-ring (bicyclic) bond motifs is 1. The van der Waals surface area contributed by atoms with Crippen LogP contribution in [0.25, 0.3) is 0 Å². The molecule has 0 saturated carbocycles. The third-order valence-electron chi connectivity index (χ3n) is 2.71. The van der Waals surface area contributed by atoms with Crippen LogP contribution in [0.2, 0.25) is 5.02 Å². The van der Waals surface area contributed by atoms with Gasteiger partial charge in [0.1, 0.15) is 0 Å². The number of benzene rings is 2. The Balaban J connectivity index is 1.89. The first-order valence-electron chi connectivity index (χ1n) is 5.49. The van der Waals surface area contributed by atoms with Crippen LogP contribution in [0, 0.1) is 6.92 Å². The molecular weight excluding hydrogens is 284 g/mol. The fourth-order valence-electron chi connectivity index (χ4n) is 1.83. The second-order valence-corrected chi connectivity index (χ2v) is 6.48. The molecule has 0 aromatic heterocycles. The predicted octanol–water partition coefficient (Wildman–Crippen LogP) is 5.47. The van der Waals surface area contributed by atoms with Gasteiger partial charge in [-0.1, -0.05) is 11.6 Å². The zero-order valence-electron chi connectivity index (χ0n) is 9.66. The molecule has 1 aliphatic rings. The molecule has 1 aliphatic heterocycles. The molecule has 1 heterocycles. The van der Waals surface area contributed by atoms with Crippen molar-refractivity contribution in [2.24, 2.45) is 0 Å². The molecule has 0 fully saturated rings. The molecule has 0 amide bonds. The highest BCUT2D eigenvalue weighted by molar-refractivity contribution is 8.77. The normalized spacial score (nSPS) is 13.0. The number of hydrogen-bond donors (Lipinski definition) is 2. The molecule has 0 bridgehead atoms. The molecule has 0 saturated heterocycles. The first-order valence-corrected chi connectivity index (χ1v) is 8.02. The van der Waals surface area contributed by atoms with Gasteiger partial charge in [0.2, 0.25) is 0 Å². The fraction of sp³-hybridized carbons (Fsp3) is 0.0769. The number of halogens is 1. The summed E-state index contributed by atoms with van der Waals surface area (Å²) in [7, 11) is 3.41. The van der Waals surface area contributed by atoms with Gasteiger partial charge in [-0.25, -0.2) is 0 Å². The molecule has 5 heteroatoms. The third-order valence-corrected chi connectivity index (χ3v) is 4.87. The Bertz CT molecular complexity index is 584. The predicted molar refractivity (Wildman–Crippen MR) is 83.0 cm³/mol. The Morgan fingerprint density at radius 2 is 1.89 bits per heavy atom. The Morgan fingerprint density at radius 3 is 2.67 bits per heavy atom. The van der Waals surface area contributed by atoms with E-state index in [1.54, 1.807) is 21.8 Å². The monoisotopic (exact) mass is 294 g/mol. The zero-order chi connectivity index (χ0) is 12.5. The molecule has 0 unspecified atom stereocenters. The SMILES string of the molecule is Cc1cc(Nc2ccc(Cl)cc2)cc2c1NSS2. The quantitative estimate of drug-likeness (QED) is 0.566. The van der Waals surface area contributed by atoms with Gasteiger partial charge in [-0.05, 0) is 59.7 Å². The number of rotatable bonds is 2. The highest BCUT2D eigenvalue weighted by Gasteiger charge is 2.15. The smallest absolute Gasteiger partial charge is 0.0624 e. The minimum absolute atomic E-state index is 0.752. The molecule has 0 aliphatic carbocycles. The second kappa shape index (κ2) is 4.96. The van der Waals surface area contributed by atoms with E-state index in [4.69, 9.17) is 11.6 Å². The highest BCUT2D eigenvalue weighted by Crippen LogP contribution is 2.47. The molecule has 0 radical (unpaired) electrons. The van der Waals surface area contributed by atoms with Crippen molar-refractivity contribution < 1.29 is 0 Å². The number of anilines is 3. The van der Waals surface area contributed by atoms with Crippen molar-refractivity contribution in [3.05, 3.63) is 47.0 Å².